The van der Waals surface area contributed by atoms with Gasteiger partial charge < -0.3 is 0 Å². The van der Waals surface area contributed by atoms with Gasteiger partial charge in [-0.05, 0) is 50.5 Å². The fraction of sp³-hybridized carbons (Fsp3) is 0.357. The van der Waals surface area contributed by atoms with Crippen LogP contribution < -0.4 is 0 Å². The molecule has 90 valence electrons. The first kappa shape index (κ1) is 12.2. The molecule has 0 saturated heterocycles. The van der Waals surface area contributed by atoms with Crippen molar-refractivity contribution in [1.82, 2.24) is 9.78 Å². The fourth-order valence-electron chi connectivity index (χ4n) is 2.25. The van der Waals surface area contributed by atoms with Gasteiger partial charge in [-0.3, -0.25) is 0 Å². The van der Waals surface area contributed by atoms with Gasteiger partial charge in [0.25, 0.3) is 0 Å². The van der Waals surface area contributed by atoms with Crippen LogP contribution in [0, 0.1) is 20.8 Å². The van der Waals surface area contributed by atoms with Gasteiger partial charge in [-0.1, -0.05) is 24.6 Å². The highest BCUT2D eigenvalue weighted by Gasteiger charge is 2.13. The third-order valence-electron chi connectivity index (χ3n) is 3.26. The smallest absolute Gasteiger partial charge is 0.0692 e. The highest BCUT2D eigenvalue weighted by Crippen LogP contribution is 2.25. The summed E-state index contributed by atoms with van der Waals surface area (Å²) in [5.74, 6) is 0. The molecule has 0 aliphatic carbocycles. The summed E-state index contributed by atoms with van der Waals surface area (Å²) < 4.78 is 2.00. The number of halogens is 1. The van der Waals surface area contributed by atoms with Crippen LogP contribution in [0.15, 0.2) is 18.2 Å². The molecule has 0 N–H and O–H groups in total. The van der Waals surface area contributed by atoms with Crippen LogP contribution in [-0.4, -0.2) is 9.78 Å². The molecule has 17 heavy (non-hydrogen) atoms. The second-order valence-corrected chi connectivity index (χ2v) is 4.71. The molecule has 0 aliphatic heterocycles. The molecule has 2 aromatic rings. The molecule has 0 saturated carbocycles. The van der Waals surface area contributed by atoms with Gasteiger partial charge in [0.05, 0.1) is 11.4 Å². The van der Waals surface area contributed by atoms with Crippen LogP contribution in [0.5, 0.6) is 0 Å². The highest BCUT2D eigenvalue weighted by molar-refractivity contribution is 6.31. The van der Waals surface area contributed by atoms with E-state index in [0.717, 1.165) is 28.4 Å². The highest BCUT2D eigenvalue weighted by atomic mass is 35.5. The second-order valence-electron chi connectivity index (χ2n) is 4.30. The van der Waals surface area contributed by atoms with E-state index in [0.29, 0.717) is 0 Å². The lowest BCUT2D eigenvalue weighted by atomic mass is 10.1. The van der Waals surface area contributed by atoms with Crippen molar-refractivity contribution in [3.8, 4) is 5.69 Å². The van der Waals surface area contributed by atoms with Crippen LogP contribution in [-0.2, 0) is 6.42 Å². The predicted molar refractivity (Wildman–Crippen MR) is 72.2 cm³/mol. The van der Waals surface area contributed by atoms with Crippen LogP contribution in [0.4, 0.5) is 0 Å². The van der Waals surface area contributed by atoms with Gasteiger partial charge in [0.1, 0.15) is 0 Å². The van der Waals surface area contributed by atoms with Crippen molar-refractivity contribution < 1.29 is 0 Å². The van der Waals surface area contributed by atoms with Crippen molar-refractivity contribution in [3.63, 3.8) is 0 Å². The summed E-state index contributed by atoms with van der Waals surface area (Å²) >= 11 is 6.16. The Bertz CT molecular complexity index is 556. The summed E-state index contributed by atoms with van der Waals surface area (Å²) in [5.41, 5.74) is 5.77. The zero-order valence-corrected chi connectivity index (χ0v) is 11.5. The normalized spacial score (nSPS) is 10.9. The molecule has 0 atom stereocenters. The number of aromatic nitrogens is 2. The third kappa shape index (κ3) is 1.98. The summed E-state index contributed by atoms with van der Waals surface area (Å²) in [7, 11) is 0. The molecule has 0 unspecified atom stereocenters. The number of aryl methyl sites for hydroxylation is 1. The Hall–Kier alpha value is -1.28. The maximum Gasteiger partial charge on any atom is 0.0692 e. The van der Waals surface area contributed by atoms with E-state index in [-0.39, 0.29) is 0 Å². The van der Waals surface area contributed by atoms with Crippen LogP contribution in [0.25, 0.3) is 5.69 Å². The molecular formula is C14H17ClN2. The molecule has 0 bridgehead atoms. The number of benzene rings is 1. The van der Waals surface area contributed by atoms with Crippen LogP contribution in [0.2, 0.25) is 5.02 Å². The molecule has 0 aliphatic rings. The Morgan fingerprint density at radius 3 is 2.53 bits per heavy atom. The maximum absolute atomic E-state index is 6.16. The van der Waals surface area contributed by atoms with Gasteiger partial charge in [-0.25, -0.2) is 4.68 Å². The first-order chi connectivity index (χ1) is 8.06. The van der Waals surface area contributed by atoms with Crippen molar-refractivity contribution in [3.05, 3.63) is 45.7 Å². The predicted octanol–water partition coefficient (Wildman–Crippen LogP) is 4.01. The molecule has 2 rings (SSSR count). The molecule has 0 spiro atoms. The van der Waals surface area contributed by atoms with Crippen LogP contribution in [0.3, 0.4) is 0 Å². The lowest BCUT2D eigenvalue weighted by Crippen LogP contribution is -2.02. The van der Waals surface area contributed by atoms with Gasteiger partial charge in [-0.2, -0.15) is 5.10 Å². The Morgan fingerprint density at radius 1 is 1.24 bits per heavy atom. The minimum Gasteiger partial charge on any atom is -0.237 e. The minimum absolute atomic E-state index is 0.785. The molecule has 0 radical (unpaired) electrons. The summed E-state index contributed by atoms with van der Waals surface area (Å²) in [6.45, 7) is 8.35. The summed E-state index contributed by atoms with van der Waals surface area (Å²) in [6.07, 6.45) is 1.01. The molecule has 1 aromatic carbocycles. The molecule has 2 nitrogen and oxygen atoms in total. The van der Waals surface area contributed by atoms with E-state index >= 15 is 0 Å². The number of hydrogen-bond donors (Lipinski definition) is 0. The first-order valence-electron chi connectivity index (χ1n) is 5.86. The van der Waals surface area contributed by atoms with Crippen LogP contribution >= 0.6 is 11.6 Å². The Kier molecular flexibility index (Phi) is 3.25. The van der Waals surface area contributed by atoms with E-state index < -0.39 is 0 Å². The summed E-state index contributed by atoms with van der Waals surface area (Å²) in [6, 6.07) is 5.93. The van der Waals surface area contributed by atoms with Crippen LogP contribution in [0.1, 0.15) is 29.4 Å². The number of nitrogens with zero attached hydrogens (tertiary/aromatic N) is 2. The Labute approximate surface area is 107 Å². The van der Waals surface area contributed by atoms with E-state index in [1.165, 1.54) is 11.3 Å². The molecule has 1 aromatic heterocycles. The monoisotopic (exact) mass is 248 g/mol. The number of hydrogen-bond acceptors (Lipinski definition) is 1. The van der Waals surface area contributed by atoms with E-state index in [4.69, 9.17) is 11.6 Å². The average Bonchev–Trinajstić information content (AvgIpc) is 2.58. The van der Waals surface area contributed by atoms with Crippen molar-refractivity contribution in [2.45, 2.75) is 34.1 Å². The quantitative estimate of drug-likeness (QED) is 0.785. The van der Waals surface area contributed by atoms with Gasteiger partial charge >= 0.3 is 0 Å². The van der Waals surface area contributed by atoms with Crippen molar-refractivity contribution in [2.24, 2.45) is 0 Å². The standard InChI is InChI=1S/C14H17ClN2/c1-5-12-10(3)16-17(11(12)4)14-8-6-7-13(15)9(14)2/h6-8H,5H2,1-4H3. The molecule has 3 heteroatoms. The SMILES string of the molecule is CCc1c(C)nn(-c2cccc(Cl)c2C)c1C. The van der Waals surface area contributed by atoms with Gasteiger partial charge in [-0.15, -0.1) is 0 Å². The average molecular weight is 249 g/mol. The van der Waals surface area contributed by atoms with Gasteiger partial charge in [0, 0.05) is 10.7 Å². The maximum atomic E-state index is 6.16. The minimum atomic E-state index is 0.785. The summed E-state index contributed by atoms with van der Waals surface area (Å²) in [5, 5.41) is 5.40. The Balaban J connectivity index is 2.65. The van der Waals surface area contributed by atoms with Gasteiger partial charge in [0.2, 0.25) is 0 Å². The van der Waals surface area contributed by atoms with Crippen molar-refractivity contribution in [1.29, 1.82) is 0 Å². The summed E-state index contributed by atoms with van der Waals surface area (Å²) in [4.78, 5) is 0. The first-order valence-corrected chi connectivity index (χ1v) is 6.24. The molecule has 0 amide bonds. The van der Waals surface area contributed by atoms with Crippen molar-refractivity contribution >= 4 is 11.6 Å². The van der Waals surface area contributed by atoms with Crippen molar-refractivity contribution in [2.75, 3.05) is 0 Å². The van der Waals surface area contributed by atoms with Gasteiger partial charge in [0.15, 0.2) is 0 Å². The zero-order valence-electron chi connectivity index (χ0n) is 10.7. The molecular weight excluding hydrogens is 232 g/mol. The number of rotatable bonds is 2. The second kappa shape index (κ2) is 4.53. The fourth-order valence-corrected chi connectivity index (χ4v) is 2.42. The zero-order chi connectivity index (χ0) is 12.6. The largest absolute Gasteiger partial charge is 0.237 e. The van der Waals surface area contributed by atoms with E-state index in [1.54, 1.807) is 0 Å². The Morgan fingerprint density at radius 2 is 1.94 bits per heavy atom. The molecule has 0 fully saturated rings. The van der Waals surface area contributed by atoms with E-state index in [2.05, 4.69) is 31.9 Å². The molecule has 1 heterocycles. The lowest BCUT2D eigenvalue weighted by molar-refractivity contribution is 0.826. The lowest BCUT2D eigenvalue weighted by Gasteiger charge is -2.09. The van der Waals surface area contributed by atoms with E-state index in [1.807, 2.05) is 23.7 Å². The third-order valence-corrected chi connectivity index (χ3v) is 3.67. The topological polar surface area (TPSA) is 17.8 Å². The van der Waals surface area contributed by atoms with E-state index in [9.17, 15) is 0 Å².